The Kier molecular flexibility index (Phi) is 2.72. The zero-order chi connectivity index (χ0) is 13.3. The van der Waals surface area contributed by atoms with Gasteiger partial charge in [-0.1, -0.05) is 0 Å². The highest BCUT2D eigenvalue weighted by Gasteiger charge is 2.15. The number of aromatic nitrogens is 2. The maximum absolute atomic E-state index is 11.9. The lowest BCUT2D eigenvalue weighted by atomic mass is 10.1. The Morgan fingerprint density at radius 3 is 2.39 bits per heavy atom. The Balaban J connectivity index is 2.54. The van der Waals surface area contributed by atoms with Crippen LogP contribution in [0, 0.1) is 0 Å². The minimum Gasteiger partial charge on any atom is -0.508 e. The van der Waals surface area contributed by atoms with E-state index in [2.05, 4.69) is 4.98 Å². The van der Waals surface area contributed by atoms with E-state index in [4.69, 9.17) is 5.11 Å². The molecule has 2 aromatic rings. The maximum Gasteiger partial charge on any atom is 0.326 e. The molecule has 7 heteroatoms. The van der Waals surface area contributed by atoms with E-state index in [-0.39, 0.29) is 17.0 Å². The number of ketones is 1. The van der Waals surface area contributed by atoms with Gasteiger partial charge in [-0.15, -0.1) is 0 Å². The molecule has 0 aliphatic heterocycles. The fraction of sp³-hybridized carbons (Fsp3) is 0. The second-order valence-corrected chi connectivity index (χ2v) is 3.53. The first-order valence-electron chi connectivity index (χ1n) is 4.87. The van der Waals surface area contributed by atoms with E-state index in [9.17, 15) is 19.5 Å². The number of phenolic OH excluding ortho intramolecular Hbond substituents is 2. The molecular formula is C11H8N2O5. The summed E-state index contributed by atoms with van der Waals surface area (Å²) in [7, 11) is 0. The first-order valence-corrected chi connectivity index (χ1v) is 4.87. The van der Waals surface area contributed by atoms with Crippen molar-refractivity contribution in [3.8, 4) is 11.5 Å². The van der Waals surface area contributed by atoms with Crippen molar-refractivity contribution in [3.05, 3.63) is 56.4 Å². The molecule has 0 atom stereocenters. The van der Waals surface area contributed by atoms with Crippen molar-refractivity contribution in [1.29, 1.82) is 0 Å². The summed E-state index contributed by atoms with van der Waals surface area (Å²) in [6.45, 7) is 0. The summed E-state index contributed by atoms with van der Waals surface area (Å²) in [6, 6.07) is 4.29. The number of aromatic hydroxyl groups is 2. The third-order valence-electron chi connectivity index (χ3n) is 2.23. The van der Waals surface area contributed by atoms with Gasteiger partial charge in [0, 0.05) is 12.1 Å². The lowest BCUT2D eigenvalue weighted by molar-refractivity contribution is 0.103. The van der Waals surface area contributed by atoms with Crippen LogP contribution in [0.3, 0.4) is 0 Å². The van der Waals surface area contributed by atoms with Crippen molar-refractivity contribution in [3.63, 3.8) is 0 Å². The van der Waals surface area contributed by atoms with Crippen LogP contribution in [-0.4, -0.2) is 26.0 Å². The van der Waals surface area contributed by atoms with Gasteiger partial charge in [0.1, 0.15) is 11.5 Å². The highest BCUT2D eigenvalue weighted by atomic mass is 16.3. The second kappa shape index (κ2) is 4.21. The lowest BCUT2D eigenvalue weighted by Crippen LogP contribution is -2.25. The van der Waals surface area contributed by atoms with Crippen molar-refractivity contribution < 1.29 is 15.0 Å². The molecule has 0 aliphatic carbocycles. The van der Waals surface area contributed by atoms with Gasteiger partial charge in [0.15, 0.2) is 0 Å². The number of nitrogens with one attached hydrogen (secondary N) is 2. The molecule has 4 N–H and O–H groups in total. The predicted octanol–water partition coefficient (Wildman–Crippen LogP) is -0.295. The van der Waals surface area contributed by atoms with Crippen LogP contribution in [0.4, 0.5) is 0 Å². The van der Waals surface area contributed by atoms with Crippen LogP contribution in [0.25, 0.3) is 0 Å². The summed E-state index contributed by atoms with van der Waals surface area (Å²) < 4.78 is 0. The molecule has 0 aliphatic rings. The van der Waals surface area contributed by atoms with Crippen LogP contribution in [0.5, 0.6) is 11.5 Å². The van der Waals surface area contributed by atoms with Gasteiger partial charge >= 0.3 is 5.69 Å². The summed E-state index contributed by atoms with van der Waals surface area (Å²) in [5.74, 6) is -1.37. The van der Waals surface area contributed by atoms with E-state index in [0.717, 1.165) is 12.1 Å². The second-order valence-electron chi connectivity index (χ2n) is 3.53. The summed E-state index contributed by atoms with van der Waals surface area (Å²) >= 11 is 0. The fourth-order valence-electron chi connectivity index (χ4n) is 1.45. The predicted molar refractivity (Wildman–Crippen MR) is 60.9 cm³/mol. The average molecular weight is 248 g/mol. The molecule has 0 fully saturated rings. The van der Waals surface area contributed by atoms with Crippen LogP contribution in [0.15, 0.2) is 33.9 Å². The first-order chi connectivity index (χ1) is 8.47. The molecule has 0 spiro atoms. The van der Waals surface area contributed by atoms with E-state index in [0.29, 0.717) is 0 Å². The average Bonchev–Trinajstić information content (AvgIpc) is 2.26. The Bertz CT molecular complexity index is 700. The Morgan fingerprint density at radius 1 is 1.06 bits per heavy atom. The Hall–Kier alpha value is -2.83. The number of rotatable bonds is 2. The van der Waals surface area contributed by atoms with Crippen molar-refractivity contribution >= 4 is 5.78 Å². The maximum atomic E-state index is 11.9. The van der Waals surface area contributed by atoms with Gasteiger partial charge in [-0.25, -0.2) is 4.79 Å². The third kappa shape index (κ3) is 2.14. The lowest BCUT2D eigenvalue weighted by Gasteiger charge is -2.03. The number of hydrogen-bond donors (Lipinski definition) is 4. The molecule has 0 unspecified atom stereocenters. The number of H-pyrrole nitrogens is 2. The molecule has 1 aromatic carbocycles. The highest BCUT2D eigenvalue weighted by Crippen LogP contribution is 2.23. The molecule has 7 nitrogen and oxygen atoms in total. The van der Waals surface area contributed by atoms with Crippen LogP contribution >= 0.6 is 0 Å². The number of carbonyl (C=O) groups excluding carboxylic acids is 1. The van der Waals surface area contributed by atoms with E-state index in [1.54, 1.807) is 0 Å². The van der Waals surface area contributed by atoms with Crippen molar-refractivity contribution in [1.82, 2.24) is 9.97 Å². The smallest absolute Gasteiger partial charge is 0.326 e. The minimum atomic E-state index is -0.816. The summed E-state index contributed by atoms with van der Waals surface area (Å²) in [6.07, 6.45) is 0. The van der Waals surface area contributed by atoms with Crippen LogP contribution < -0.4 is 11.2 Å². The molecule has 0 saturated carbocycles. The quantitative estimate of drug-likeness (QED) is 0.543. The van der Waals surface area contributed by atoms with Crippen molar-refractivity contribution in [2.45, 2.75) is 0 Å². The van der Waals surface area contributed by atoms with E-state index < -0.39 is 22.8 Å². The molecule has 1 aromatic heterocycles. The van der Waals surface area contributed by atoms with Crippen LogP contribution in [0.1, 0.15) is 16.1 Å². The number of hydrogen-bond acceptors (Lipinski definition) is 5. The monoisotopic (exact) mass is 248 g/mol. The molecule has 1 heterocycles. The third-order valence-corrected chi connectivity index (χ3v) is 2.23. The van der Waals surface area contributed by atoms with Gasteiger partial charge < -0.3 is 15.2 Å². The zero-order valence-electron chi connectivity index (χ0n) is 8.93. The van der Waals surface area contributed by atoms with Gasteiger partial charge in [-0.3, -0.25) is 14.6 Å². The number of benzene rings is 1. The fourth-order valence-corrected chi connectivity index (χ4v) is 1.45. The normalized spacial score (nSPS) is 10.2. The first kappa shape index (κ1) is 11.6. The van der Waals surface area contributed by atoms with E-state index >= 15 is 0 Å². The van der Waals surface area contributed by atoms with Crippen LogP contribution in [-0.2, 0) is 0 Å². The van der Waals surface area contributed by atoms with Crippen LogP contribution in [0.2, 0.25) is 0 Å². The van der Waals surface area contributed by atoms with Crippen molar-refractivity contribution in [2.24, 2.45) is 0 Å². The molecule has 0 bridgehead atoms. The molecular weight excluding hydrogens is 240 g/mol. The van der Waals surface area contributed by atoms with Gasteiger partial charge in [0.25, 0.3) is 5.56 Å². The number of aromatic amines is 2. The number of carbonyl (C=O) groups is 1. The topological polar surface area (TPSA) is 123 Å². The Morgan fingerprint density at radius 2 is 1.78 bits per heavy atom. The molecule has 2 rings (SSSR count). The minimum absolute atomic E-state index is 0.131. The highest BCUT2D eigenvalue weighted by molar-refractivity contribution is 6.09. The van der Waals surface area contributed by atoms with Crippen molar-refractivity contribution in [2.75, 3.05) is 0 Å². The largest absolute Gasteiger partial charge is 0.508 e. The molecule has 0 amide bonds. The summed E-state index contributed by atoms with van der Waals surface area (Å²) in [5.41, 5.74) is -1.91. The molecule has 0 saturated heterocycles. The zero-order valence-corrected chi connectivity index (χ0v) is 8.93. The van der Waals surface area contributed by atoms with Gasteiger partial charge in [-0.2, -0.15) is 0 Å². The summed E-state index contributed by atoms with van der Waals surface area (Å²) in [5, 5.41) is 18.6. The van der Waals surface area contributed by atoms with Gasteiger partial charge in [-0.05, 0) is 12.1 Å². The van der Waals surface area contributed by atoms with E-state index in [1.807, 2.05) is 4.98 Å². The van der Waals surface area contributed by atoms with Gasteiger partial charge in [0.05, 0.1) is 11.3 Å². The standard InChI is InChI=1S/C11H8N2O5/c14-5-1-2-6(8(15)3-5)10(17)7-4-9(16)13-11(18)12-7/h1-4,14-15H,(H2,12,13,16,18). The molecule has 18 heavy (non-hydrogen) atoms. The Labute approximate surface area is 99.4 Å². The number of phenols is 2. The molecule has 92 valence electrons. The summed E-state index contributed by atoms with van der Waals surface area (Å²) in [4.78, 5) is 38.1. The van der Waals surface area contributed by atoms with E-state index in [1.165, 1.54) is 12.1 Å². The molecule has 0 radical (unpaired) electrons. The van der Waals surface area contributed by atoms with Gasteiger partial charge in [0.2, 0.25) is 5.78 Å². The SMILES string of the molecule is O=C(c1cc(=O)[nH]c(=O)[nH]1)c1ccc(O)cc1O.